The minimum Gasteiger partial charge on any atom is -0.481 e. The Morgan fingerprint density at radius 2 is 1.78 bits per heavy atom. The Labute approximate surface area is 223 Å². The molecule has 3 rings (SSSR count). The van der Waals surface area contributed by atoms with Crippen LogP contribution in [-0.4, -0.2) is 47.8 Å². The molecule has 6 nitrogen and oxygen atoms in total. The third-order valence-corrected chi connectivity index (χ3v) is 9.37. The molecule has 2 aromatic rings. The van der Waals surface area contributed by atoms with Gasteiger partial charge < -0.3 is 10.0 Å². The second-order valence-electron chi connectivity index (χ2n) is 9.88. The lowest BCUT2D eigenvalue weighted by Crippen LogP contribution is -2.57. The molecule has 0 bridgehead atoms. The highest BCUT2D eigenvalue weighted by molar-refractivity contribution is 7.91. The summed E-state index contributed by atoms with van der Waals surface area (Å²) in [6, 6.07) is 13.4. The number of carbonyl (C=O) groups is 2. The summed E-state index contributed by atoms with van der Waals surface area (Å²) in [5.41, 5.74) is 0.452. The van der Waals surface area contributed by atoms with E-state index in [1.165, 1.54) is 0 Å². The van der Waals surface area contributed by atoms with Crippen LogP contribution in [0.1, 0.15) is 69.5 Å². The third-order valence-electron chi connectivity index (χ3n) is 6.96. The summed E-state index contributed by atoms with van der Waals surface area (Å²) in [7, 11) is -3.43. The summed E-state index contributed by atoms with van der Waals surface area (Å²) in [6.45, 7) is 5.33. The molecule has 1 heterocycles. The van der Waals surface area contributed by atoms with Gasteiger partial charge in [0.25, 0.3) is 0 Å². The number of likely N-dealkylation sites (tertiary alicyclic amines) is 1. The summed E-state index contributed by atoms with van der Waals surface area (Å²) in [5, 5.41) is 10.8. The number of nitrogens with zero attached hydrogens (tertiary/aromatic N) is 1. The molecule has 2 aromatic carbocycles. The molecule has 1 unspecified atom stereocenters. The zero-order chi connectivity index (χ0) is 26.7. The van der Waals surface area contributed by atoms with Crippen molar-refractivity contribution in [1.29, 1.82) is 0 Å². The van der Waals surface area contributed by atoms with Gasteiger partial charge in [-0.1, -0.05) is 68.2 Å². The molecular formula is C27H33Cl2NO5S. The number of aliphatic carboxylic acids is 1. The highest BCUT2D eigenvalue weighted by Crippen LogP contribution is 2.52. The fourth-order valence-electron chi connectivity index (χ4n) is 5.36. The molecule has 1 aliphatic heterocycles. The van der Waals surface area contributed by atoms with Crippen molar-refractivity contribution >= 4 is 44.9 Å². The van der Waals surface area contributed by atoms with E-state index in [0.29, 0.717) is 22.9 Å². The van der Waals surface area contributed by atoms with E-state index in [-0.39, 0.29) is 36.2 Å². The summed E-state index contributed by atoms with van der Waals surface area (Å²) in [5.74, 6) is -1.89. The maximum absolute atomic E-state index is 14.1. The van der Waals surface area contributed by atoms with Crippen LogP contribution in [0.5, 0.6) is 0 Å². The minimum atomic E-state index is -3.43. The van der Waals surface area contributed by atoms with Crippen molar-refractivity contribution in [2.75, 3.05) is 11.5 Å². The maximum atomic E-state index is 14.1. The predicted octanol–water partition coefficient (Wildman–Crippen LogP) is 6.14. The summed E-state index contributed by atoms with van der Waals surface area (Å²) >= 11 is 12.5. The quantitative estimate of drug-likeness (QED) is 0.381. The lowest BCUT2D eigenvalue weighted by Gasteiger charge is -2.51. The topological polar surface area (TPSA) is 91.8 Å². The maximum Gasteiger partial charge on any atom is 0.304 e. The van der Waals surface area contributed by atoms with Crippen LogP contribution in [0.25, 0.3) is 0 Å². The summed E-state index contributed by atoms with van der Waals surface area (Å²) in [4.78, 5) is 27.6. The van der Waals surface area contributed by atoms with E-state index in [0.717, 1.165) is 11.1 Å². The number of halogens is 2. The molecule has 36 heavy (non-hydrogen) atoms. The van der Waals surface area contributed by atoms with E-state index in [2.05, 4.69) is 0 Å². The number of carboxylic acids is 1. The van der Waals surface area contributed by atoms with Crippen LogP contribution in [0, 0.1) is 5.41 Å². The standard InChI is InChI=1S/C27H33Cl2NO5S/c1-4-13-36(34,35)17-22(5-2)30-25(18-9-11-20(28)12-10-18)23(19-7-6-8-21(29)14-19)15-27(3,26(30)33)16-24(31)32/h6-12,14,22-23,25H,4-5,13,15-17H2,1-3H3,(H,31,32)/t22?,23-,25-,27-/m1/s1. The van der Waals surface area contributed by atoms with Gasteiger partial charge in [-0.25, -0.2) is 8.42 Å². The number of hydrogen-bond acceptors (Lipinski definition) is 4. The van der Waals surface area contributed by atoms with E-state index < -0.39 is 33.3 Å². The Morgan fingerprint density at radius 3 is 2.33 bits per heavy atom. The van der Waals surface area contributed by atoms with Crippen LogP contribution in [0.2, 0.25) is 10.0 Å². The van der Waals surface area contributed by atoms with Crippen LogP contribution in [0.3, 0.4) is 0 Å². The molecule has 0 aliphatic carbocycles. The van der Waals surface area contributed by atoms with Gasteiger partial charge in [0.1, 0.15) is 0 Å². The predicted molar refractivity (Wildman–Crippen MR) is 143 cm³/mol. The Balaban J connectivity index is 2.24. The van der Waals surface area contributed by atoms with Gasteiger partial charge in [0.05, 0.1) is 23.6 Å². The fraction of sp³-hybridized carbons (Fsp3) is 0.481. The molecule has 1 saturated heterocycles. The summed E-state index contributed by atoms with van der Waals surface area (Å²) < 4.78 is 25.8. The van der Waals surface area contributed by atoms with E-state index in [4.69, 9.17) is 23.2 Å². The molecule has 1 amide bonds. The molecule has 0 saturated carbocycles. The van der Waals surface area contributed by atoms with Crippen molar-refractivity contribution in [2.24, 2.45) is 5.41 Å². The van der Waals surface area contributed by atoms with E-state index in [1.54, 1.807) is 36.9 Å². The Hall–Kier alpha value is -2.09. The van der Waals surface area contributed by atoms with Gasteiger partial charge in [-0.3, -0.25) is 9.59 Å². The Morgan fingerprint density at radius 1 is 1.11 bits per heavy atom. The first-order chi connectivity index (χ1) is 16.9. The highest BCUT2D eigenvalue weighted by atomic mass is 35.5. The lowest BCUT2D eigenvalue weighted by atomic mass is 9.67. The van der Waals surface area contributed by atoms with Crippen LogP contribution in [-0.2, 0) is 19.4 Å². The minimum absolute atomic E-state index is 0.0290. The monoisotopic (exact) mass is 553 g/mol. The normalized spacial score (nSPS) is 23.5. The molecule has 0 spiro atoms. The van der Waals surface area contributed by atoms with Crippen LogP contribution in [0.15, 0.2) is 48.5 Å². The third kappa shape index (κ3) is 6.42. The van der Waals surface area contributed by atoms with Gasteiger partial charge >= 0.3 is 5.97 Å². The largest absolute Gasteiger partial charge is 0.481 e. The molecule has 196 valence electrons. The van der Waals surface area contributed by atoms with Gasteiger partial charge in [0.2, 0.25) is 5.91 Å². The highest BCUT2D eigenvalue weighted by Gasteiger charge is 2.52. The SMILES string of the molecule is CCCS(=O)(=O)CC(CC)N1C(=O)[C@@](C)(CC(=O)O)C[C@H](c2cccc(Cl)c2)[C@H]1c1ccc(Cl)cc1. The zero-order valence-corrected chi connectivity index (χ0v) is 23.1. The van der Waals surface area contributed by atoms with Crippen molar-refractivity contribution in [3.63, 3.8) is 0 Å². The first-order valence-corrected chi connectivity index (χ1v) is 14.7. The number of carbonyl (C=O) groups excluding carboxylic acids is 1. The lowest BCUT2D eigenvalue weighted by molar-refractivity contribution is -0.160. The van der Waals surface area contributed by atoms with Gasteiger partial charge in [-0.2, -0.15) is 0 Å². The van der Waals surface area contributed by atoms with Crippen molar-refractivity contribution in [1.82, 2.24) is 4.90 Å². The van der Waals surface area contributed by atoms with E-state index >= 15 is 0 Å². The van der Waals surface area contributed by atoms with E-state index in [9.17, 15) is 23.1 Å². The van der Waals surface area contributed by atoms with Crippen molar-refractivity contribution in [3.05, 3.63) is 69.7 Å². The smallest absolute Gasteiger partial charge is 0.304 e. The molecule has 4 atom stereocenters. The second kappa shape index (κ2) is 11.5. The van der Waals surface area contributed by atoms with Gasteiger partial charge in [0, 0.05) is 27.8 Å². The van der Waals surface area contributed by atoms with Gasteiger partial charge in [-0.15, -0.1) is 0 Å². The average molecular weight is 555 g/mol. The summed E-state index contributed by atoms with van der Waals surface area (Å²) in [6.07, 6.45) is 0.810. The molecule has 1 N–H and O–H groups in total. The molecule has 1 fully saturated rings. The van der Waals surface area contributed by atoms with Crippen LogP contribution >= 0.6 is 23.2 Å². The Bertz CT molecular complexity index is 1200. The fourth-order valence-corrected chi connectivity index (χ4v) is 7.46. The number of rotatable bonds is 10. The molecule has 0 aromatic heterocycles. The van der Waals surface area contributed by atoms with Crippen molar-refractivity contribution < 1.29 is 23.1 Å². The van der Waals surface area contributed by atoms with Crippen LogP contribution < -0.4 is 0 Å². The van der Waals surface area contributed by atoms with Crippen molar-refractivity contribution in [3.8, 4) is 0 Å². The number of piperidine rings is 1. The van der Waals surface area contributed by atoms with Crippen molar-refractivity contribution in [2.45, 2.75) is 64.5 Å². The first-order valence-electron chi connectivity index (χ1n) is 12.2. The van der Waals surface area contributed by atoms with Gasteiger partial charge in [0.15, 0.2) is 9.84 Å². The number of benzene rings is 2. The second-order valence-corrected chi connectivity index (χ2v) is 13.0. The zero-order valence-electron chi connectivity index (χ0n) is 20.8. The average Bonchev–Trinajstić information content (AvgIpc) is 2.79. The van der Waals surface area contributed by atoms with Gasteiger partial charge in [-0.05, 0) is 54.7 Å². The number of amides is 1. The van der Waals surface area contributed by atoms with E-state index in [1.807, 2.05) is 37.3 Å². The molecule has 1 aliphatic rings. The number of hydrogen-bond donors (Lipinski definition) is 1. The number of sulfone groups is 1. The molecular weight excluding hydrogens is 521 g/mol. The van der Waals surface area contributed by atoms with Crippen LogP contribution in [0.4, 0.5) is 0 Å². The molecule has 0 radical (unpaired) electrons. The first kappa shape index (κ1) is 28.5. The number of carboxylic acid groups (broad SMARTS) is 1. The molecule has 9 heteroatoms. The Kier molecular flexibility index (Phi) is 9.12.